The molecule has 3 N–H and O–H groups in total. The molecular weight excluding hydrogens is 349 g/mol. The Balaban J connectivity index is 2.28. The molecule has 0 saturated heterocycles. The van der Waals surface area contributed by atoms with E-state index in [0.29, 0.717) is 16.5 Å². The summed E-state index contributed by atoms with van der Waals surface area (Å²) >= 11 is 15.6. The van der Waals surface area contributed by atoms with Crippen molar-refractivity contribution in [1.29, 1.82) is 0 Å². The zero-order chi connectivity index (χ0) is 13.8. The number of nitrogens with one attached hydrogen (secondary N) is 1. The Labute approximate surface area is 130 Å². The maximum Gasteiger partial charge on any atom is 0.0640 e. The van der Waals surface area contributed by atoms with Gasteiger partial charge in [0.15, 0.2) is 0 Å². The Morgan fingerprint density at radius 3 is 2.79 bits per heavy atom. The molecule has 0 saturated carbocycles. The van der Waals surface area contributed by atoms with Crippen LogP contribution in [0.5, 0.6) is 0 Å². The molecule has 1 heterocycles. The molecule has 1 aromatic carbocycles. The van der Waals surface area contributed by atoms with Crippen molar-refractivity contribution >= 4 is 39.1 Å². The molecule has 1 unspecified atom stereocenters. The van der Waals surface area contributed by atoms with Crippen molar-refractivity contribution in [3.05, 3.63) is 62.3 Å². The van der Waals surface area contributed by atoms with E-state index >= 15 is 0 Å². The first-order chi connectivity index (χ1) is 9.11. The normalized spacial score (nSPS) is 12.4. The second-order valence-electron chi connectivity index (χ2n) is 4.08. The SMILES string of the molecule is NNC(Cc1cncc(Br)c1)c1cccc(Cl)c1Cl. The summed E-state index contributed by atoms with van der Waals surface area (Å²) in [4.78, 5) is 4.13. The fourth-order valence-corrected chi connectivity index (χ4v) is 2.70. The van der Waals surface area contributed by atoms with Crippen molar-refractivity contribution in [1.82, 2.24) is 10.4 Å². The van der Waals surface area contributed by atoms with E-state index in [0.717, 1.165) is 15.6 Å². The average molecular weight is 361 g/mol. The third-order valence-electron chi connectivity index (χ3n) is 2.76. The van der Waals surface area contributed by atoms with Crippen molar-refractivity contribution in [2.45, 2.75) is 12.5 Å². The number of pyridine rings is 1. The summed E-state index contributed by atoms with van der Waals surface area (Å²) in [6, 6.07) is 7.39. The highest BCUT2D eigenvalue weighted by molar-refractivity contribution is 9.10. The van der Waals surface area contributed by atoms with Crippen molar-refractivity contribution in [2.24, 2.45) is 5.84 Å². The van der Waals surface area contributed by atoms with E-state index in [1.54, 1.807) is 18.5 Å². The zero-order valence-electron chi connectivity index (χ0n) is 9.91. The Kier molecular flexibility index (Phi) is 5.19. The first kappa shape index (κ1) is 14.8. The number of hydrogen-bond donors (Lipinski definition) is 2. The lowest BCUT2D eigenvalue weighted by atomic mass is 10.0. The molecule has 0 fully saturated rings. The van der Waals surface area contributed by atoms with Crippen LogP contribution < -0.4 is 11.3 Å². The number of aromatic nitrogens is 1. The number of nitrogens with zero attached hydrogens (tertiary/aromatic N) is 1. The lowest BCUT2D eigenvalue weighted by Gasteiger charge is -2.18. The van der Waals surface area contributed by atoms with Crippen LogP contribution in [-0.4, -0.2) is 4.98 Å². The molecule has 1 aromatic heterocycles. The van der Waals surface area contributed by atoms with E-state index in [4.69, 9.17) is 29.0 Å². The third-order valence-corrected chi connectivity index (χ3v) is 4.03. The van der Waals surface area contributed by atoms with Crippen LogP contribution in [0.3, 0.4) is 0 Å². The topological polar surface area (TPSA) is 50.9 Å². The Bertz CT molecular complexity index is 578. The van der Waals surface area contributed by atoms with Crippen LogP contribution in [-0.2, 0) is 6.42 Å². The highest BCUT2D eigenvalue weighted by atomic mass is 79.9. The van der Waals surface area contributed by atoms with E-state index in [1.165, 1.54) is 0 Å². The zero-order valence-corrected chi connectivity index (χ0v) is 13.0. The van der Waals surface area contributed by atoms with Gasteiger partial charge in [-0.2, -0.15) is 0 Å². The molecule has 0 aliphatic rings. The van der Waals surface area contributed by atoms with Gasteiger partial charge in [-0.05, 0) is 45.6 Å². The van der Waals surface area contributed by atoms with Crippen molar-refractivity contribution in [3.63, 3.8) is 0 Å². The quantitative estimate of drug-likeness (QED) is 0.642. The van der Waals surface area contributed by atoms with Gasteiger partial charge >= 0.3 is 0 Å². The molecule has 0 amide bonds. The number of halogens is 3. The second-order valence-corrected chi connectivity index (χ2v) is 5.78. The predicted octanol–water partition coefficient (Wildman–Crippen LogP) is 3.90. The van der Waals surface area contributed by atoms with Crippen molar-refractivity contribution in [2.75, 3.05) is 0 Å². The maximum atomic E-state index is 6.21. The van der Waals surface area contributed by atoms with Gasteiger partial charge in [-0.3, -0.25) is 16.3 Å². The smallest absolute Gasteiger partial charge is 0.0640 e. The molecule has 100 valence electrons. The van der Waals surface area contributed by atoms with Gasteiger partial charge in [0.05, 0.1) is 16.1 Å². The molecule has 1 atom stereocenters. The maximum absolute atomic E-state index is 6.21. The molecular formula is C13H12BrCl2N3. The predicted molar refractivity (Wildman–Crippen MR) is 82.2 cm³/mol. The summed E-state index contributed by atoms with van der Waals surface area (Å²) in [5.41, 5.74) is 4.69. The Hall–Kier alpha value is -0.650. The monoisotopic (exact) mass is 359 g/mol. The van der Waals surface area contributed by atoms with Gasteiger partial charge in [-0.1, -0.05) is 35.3 Å². The number of benzene rings is 1. The van der Waals surface area contributed by atoms with E-state index < -0.39 is 0 Å². The molecule has 0 radical (unpaired) electrons. The lowest BCUT2D eigenvalue weighted by Crippen LogP contribution is -2.29. The van der Waals surface area contributed by atoms with Gasteiger partial charge in [-0.15, -0.1) is 0 Å². The first-order valence-corrected chi connectivity index (χ1v) is 7.16. The molecule has 0 aliphatic carbocycles. The summed E-state index contributed by atoms with van der Waals surface area (Å²) in [5.74, 6) is 5.63. The van der Waals surface area contributed by atoms with E-state index in [-0.39, 0.29) is 6.04 Å². The molecule has 0 spiro atoms. The van der Waals surface area contributed by atoms with Crippen molar-refractivity contribution < 1.29 is 0 Å². The molecule has 2 aromatic rings. The Morgan fingerprint density at radius 1 is 1.32 bits per heavy atom. The molecule has 19 heavy (non-hydrogen) atoms. The van der Waals surface area contributed by atoms with Crippen LogP contribution in [0, 0.1) is 0 Å². The van der Waals surface area contributed by atoms with Crippen LogP contribution in [0.15, 0.2) is 41.1 Å². The first-order valence-electron chi connectivity index (χ1n) is 5.61. The molecule has 0 aliphatic heterocycles. The third kappa shape index (κ3) is 3.68. The van der Waals surface area contributed by atoms with Gasteiger partial charge in [-0.25, -0.2) is 0 Å². The van der Waals surface area contributed by atoms with Gasteiger partial charge in [0.25, 0.3) is 0 Å². The minimum absolute atomic E-state index is 0.123. The summed E-state index contributed by atoms with van der Waals surface area (Å²) < 4.78 is 0.929. The van der Waals surface area contributed by atoms with E-state index in [2.05, 4.69) is 26.3 Å². The summed E-state index contributed by atoms with van der Waals surface area (Å²) in [6.07, 6.45) is 4.21. The number of hydrogen-bond acceptors (Lipinski definition) is 3. The molecule has 3 nitrogen and oxygen atoms in total. The minimum Gasteiger partial charge on any atom is -0.271 e. The standard InChI is InChI=1S/C13H12BrCl2N3/c14-9-4-8(6-18-7-9)5-12(19-17)10-2-1-3-11(15)13(10)16/h1-4,6-7,12,19H,5,17H2. The lowest BCUT2D eigenvalue weighted by molar-refractivity contribution is 0.551. The average Bonchev–Trinajstić information content (AvgIpc) is 2.40. The van der Waals surface area contributed by atoms with Crippen LogP contribution in [0.4, 0.5) is 0 Å². The fourth-order valence-electron chi connectivity index (χ4n) is 1.85. The highest BCUT2D eigenvalue weighted by Crippen LogP contribution is 2.31. The van der Waals surface area contributed by atoms with Crippen LogP contribution in [0.25, 0.3) is 0 Å². The molecule has 6 heteroatoms. The van der Waals surface area contributed by atoms with E-state index in [1.807, 2.05) is 18.2 Å². The highest BCUT2D eigenvalue weighted by Gasteiger charge is 2.15. The second kappa shape index (κ2) is 6.68. The molecule has 0 bridgehead atoms. The largest absolute Gasteiger partial charge is 0.271 e. The van der Waals surface area contributed by atoms with Gasteiger partial charge in [0.2, 0.25) is 0 Å². The summed E-state index contributed by atoms with van der Waals surface area (Å²) in [7, 11) is 0. The summed E-state index contributed by atoms with van der Waals surface area (Å²) in [5, 5.41) is 1.04. The number of nitrogens with two attached hydrogens (primary N) is 1. The van der Waals surface area contributed by atoms with Crippen LogP contribution >= 0.6 is 39.1 Å². The van der Waals surface area contributed by atoms with Crippen LogP contribution in [0.1, 0.15) is 17.2 Å². The molecule has 2 rings (SSSR count). The summed E-state index contributed by atoms with van der Waals surface area (Å²) in [6.45, 7) is 0. The fraction of sp³-hybridized carbons (Fsp3) is 0.154. The number of hydrazine groups is 1. The minimum atomic E-state index is -0.123. The van der Waals surface area contributed by atoms with Gasteiger partial charge < -0.3 is 0 Å². The van der Waals surface area contributed by atoms with E-state index in [9.17, 15) is 0 Å². The Morgan fingerprint density at radius 2 is 2.11 bits per heavy atom. The number of rotatable bonds is 4. The van der Waals surface area contributed by atoms with Crippen molar-refractivity contribution in [3.8, 4) is 0 Å². The van der Waals surface area contributed by atoms with Gasteiger partial charge in [0, 0.05) is 16.9 Å². The van der Waals surface area contributed by atoms with Crippen LogP contribution in [0.2, 0.25) is 10.0 Å². The van der Waals surface area contributed by atoms with Gasteiger partial charge in [0.1, 0.15) is 0 Å².